The summed E-state index contributed by atoms with van der Waals surface area (Å²) in [6.45, 7) is 0. The second-order valence-corrected chi connectivity index (χ2v) is 26.3. The SMILES string of the molecule is COc1ccc(-c2ccc(-c3ccc(OC)cc3)c3nc4c(nc23)-c2ccccc2C2(c3ccccc3-c3ccccc32)c2ccccc2-4)cc1.COc1ccc(-c2ccc(-c3ccc(OC)cc3)c3nc4c(nc23)-c2ccccc2C2(c3ccccc3-c3ccccc32)c2ccccc2-4)cc1. The minimum atomic E-state index is -0.563. The first kappa shape index (κ1) is 60.2. The van der Waals surface area contributed by atoms with E-state index >= 15 is 0 Å². The van der Waals surface area contributed by atoms with E-state index in [0.717, 1.165) is 135 Å². The first-order valence-electron chi connectivity index (χ1n) is 34.5. The molecule has 14 aromatic carbocycles. The van der Waals surface area contributed by atoms with E-state index in [2.05, 4.69) is 267 Å². The van der Waals surface area contributed by atoms with Gasteiger partial charge in [0.25, 0.3) is 0 Å². The minimum absolute atomic E-state index is 0.563. The van der Waals surface area contributed by atoms with Crippen LogP contribution in [0.2, 0.25) is 0 Å². The van der Waals surface area contributed by atoms with Gasteiger partial charge < -0.3 is 18.9 Å². The molecule has 0 N–H and O–H groups in total. The number of rotatable bonds is 8. The maximum absolute atomic E-state index is 5.70. The van der Waals surface area contributed by atoms with Gasteiger partial charge in [-0.3, -0.25) is 0 Å². The molecule has 0 fully saturated rings. The van der Waals surface area contributed by atoms with Gasteiger partial charge in [-0.1, -0.05) is 267 Å². The predicted octanol–water partition coefficient (Wildman–Crippen LogP) is 22.0. The number of benzene rings is 14. The normalized spacial score (nSPS) is 13.1. The van der Waals surface area contributed by atoms with Crippen LogP contribution < -0.4 is 18.9 Å². The van der Waals surface area contributed by atoms with E-state index < -0.39 is 10.8 Å². The highest BCUT2D eigenvalue weighted by atomic mass is 16.5. The fourth-order valence-corrected chi connectivity index (χ4v) is 17.0. The molecule has 4 aliphatic rings. The van der Waals surface area contributed by atoms with Gasteiger partial charge in [-0.15, -0.1) is 0 Å². The molecule has 0 aliphatic heterocycles. The summed E-state index contributed by atoms with van der Waals surface area (Å²) in [6, 6.07) is 112. The third-order valence-corrected chi connectivity index (χ3v) is 21.5. The van der Waals surface area contributed by atoms with Gasteiger partial charge in [0.2, 0.25) is 0 Å². The van der Waals surface area contributed by atoms with Gasteiger partial charge in [0.05, 0.1) is 84.1 Å². The molecular weight excluding hydrogens is 1250 g/mol. The molecule has 20 rings (SSSR count). The smallest absolute Gasteiger partial charge is 0.118 e. The first-order chi connectivity index (χ1) is 50.4. The van der Waals surface area contributed by atoms with Crippen molar-refractivity contribution in [1.29, 1.82) is 0 Å². The maximum atomic E-state index is 5.70. The molecule has 8 nitrogen and oxygen atoms in total. The van der Waals surface area contributed by atoms with Crippen LogP contribution in [0.25, 0.3) is 134 Å². The number of aromatic nitrogens is 4. The molecule has 8 heteroatoms. The van der Waals surface area contributed by atoms with Crippen molar-refractivity contribution in [3.8, 4) is 135 Å². The molecular formula is C94H64N4O4. The number of ether oxygens (including phenoxy) is 4. The maximum Gasteiger partial charge on any atom is 0.118 e. The topological polar surface area (TPSA) is 88.5 Å². The molecule has 16 aromatic rings. The standard InChI is InChI=1S/2C47H32N2O2/c2*1-50-31-23-19-29(20-24-31)33-27-28-34(30-21-25-32(51-2)26-22-30)44-43(33)48-45-37-13-5-9-17-41(37)47(42-18-10-6-14-38(42)46(45)49-44)39-15-7-3-11-35(39)36-12-4-8-16-40(36)47/h2*3-28H,1-2H3. The van der Waals surface area contributed by atoms with Crippen molar-refractivity contribution >= 4 is 22.1 Å². The van der Waals surface area contributed by atoms with Gasteiger partial charge in [0.15, 0.2) is 0 Å². The van der Waals surface area contributed by atoms with Gasteiger partial charge in [-0.2, -0.15) is 0 Å². The Balaban J connectivity index is 0.000000141. The number of methoxy groups -OCH3 is 4. The zero-order valence-corrected chi connectivity index (χ0v) is 56.4. The van der Waals surface area contributed by atoms with Crippen molar-refractivity contribution in [1.82, 2.24) is 19.9 Å². The number of hydrogen-bond acceptors (Lipinski definition) is 8. The summed E-state index contributed by atoms with van der Waals surface area (Å²) in [5, 5.41) is 0. The highest BCUT2D eigenvalue weighted by Gasteiger charge is 2.52. The van der Waals surface area contributed by atoms with Crippen LogP contribution in [0.1, 0.15) is 44.5 Å². The Labute approximate surface area is 591 Å². The summed E-state index contributed by atoms with van der Waals surface area (Å²) < 4.78 is 22.0. The summed E-state index contributed by atoms with van der Waals surface area (Å²) >= 11 is 0. The van der Waals surface area contributed by atoms with E-state index in [1.54, 1.807) is 28.4 Å². The molecule has 0 amide bonds. The second-order valence-electron chi connectivity index (χ2n) is 26.3. The van der Waals surface area contributed by atoms with E-state index in [9.17, 15) is 0 Å². The van der Waals surface area contributed by atoms with Crippen molar-refractivity contribution in [3.05, 3.63) is 360 Å². The van der Waals surface area contributed by atoms with E-state index in [0.29, 0.717) is 0 Å². The zero-order chi connectivity index (χ0) is 68.2. The summed E-state index contributed by atoms with van der Waals surface area (Å²) in [4.78, 5) is 22.8. The van der Waals surface area contributed by atoms with Crippen LogP contribution in [0.15, 0.2) is 315 Å². The van der Waals surface area contributed by atoms with Crippen molar-refractivity contribution in [2.75, 3.05) is 28.4 Å². The van der Waals surface area contributed by atoms with E-state index in [4.69, 9.17) is 38.9 Å². The highest BCUT2D eigenvalue weighted by molar-refractivity contribution is 6.07. The van der Waals surface area contributed by atoms with Crippen LogP contribution in [0.4, 0.5) is 0 Å². The average Bonchev–Trinajstić information content (AvgIpc) is 1.52. The van der Waals surface area contributed by atoms with Crippen LogP contribution in [-0.4, -0.2) is 48.4 Å². The van der Waals surface area contributed by atoms with Crippen molar-refractivity contribution in [2.24, 2.45) is 0 Å². The van der Waals surface area contributed by atoms with Crippen molar-refractivity contribution in [2.45, 2.75) is 10.8 Å². The molecule has 0 unspecified atom stereocenters. The summed E-state index contributed by atoms with van der Waals surface area (Å²) in [7, 11) is 6.77. The Bertz CT molecular complexity index is 5320. The molecule has 2 heterocycles. The fraction of sp³-hybridized carbons (Fsp3) is 0.0638. The van der Waals surface area contributed by atoms with Gasteiger partial charge in [-0.25, -0.2) is 19.9 Å². The number of nitrogens with zero attached hydrogens (tertiary/aromatic N) is 4. The van der Waals surface area contributed by atoms with Gasteiger partial charge in [0.1, 0.15) is 23.0 Å². The quantitative estimate of drug-likeness (QED) is 0.149. The Morgan fingerprint density at radius 1 is 0.176 bits per heavy atom. The minimum Gasteiger partial charge on any atom is -0.497 e. The molecule has 0 saturated heterocycles. The molecule has 102 heavy (non-hydrogen) atoms. The molecule has 0 saturated carbocycles. The monoisotopic (exact) mass is 1310 g/mol. The fourth-order valence-electron chi connectivity index (χ4n) is 17.0. The van der Waals surface area contributed by atoms with Crippen LogP contribution in [-0.2, 0) is 10.8 Å². The summed E-state index contributed by atoms with van der Waals surface area (Å²) in [6.07, 6.45) is 0. The highest BCUT2D eigenvalue weighted by Crippen LogP contribution is 2.63. The number of hydrogen-bond donors (Lipinski definition) is 0. The van der Waals surface area contributed by atoms with E-state index in [1.165, 1.54) is 66.8 Å². The summed E-state index contributed by atoms with van der Waals surface area (Å²) in [5.74, 6) is 3.24. The van der Waals surface area contributed by atoms with Crippen LogP contribution in [0, 0.1) is 0 Å². The molecule has 484 valence electrons. The lowest BCUT2D eigenvalue weighted by molar-refractivity contribution is 0.415. The van der Waals surface area contributed by atoms with Crippen LogP contribution >= 0.6 is 0 Å². The molecule has 0 bridgehead atoms. The zero-order valence-electron chi connectivity index (χ0n) is 56.4. The molecule has 2 spiro atoms. The van der Waals surface area contributed by atoms with Crippen molar-refractivity contribution in [3.63, 3.8) is 0 Å². The lowest BCUT2D eigenvalue weighted by Gasteiger charge is -2.35. The Hall–Kier alpha value is -13.0. The lowest BCUT2D eigenvalue weighted by Crippen LogP contribution is -2.29. The largest absolute Gasteiger partial charge is 0.497 e. The molecule has 0 radical (unpaired) electrons. The third kappa shape index (κ3) is 8.88. The van der Waals surface area contributed by atoms with Gasteiger partial charge in [-0.05, 0) is 138 Å². The Morgan fingerprint density at radius 3 is 0.529 bits per heavy atom. The van der Waals surface area contributed by atoms with Crippen molar-refractivity contribution < 1.29 is 18.9 Å². The predicted molar refractivity (Wildman–Crippen MR) is 410 cm³/mol. The van der Waals surface area contributed by atoms with Crippen LogP contribution in [0.3, 0.4) is 0 Å². The second kappa shape index (κ2) is 23.9. The van der Waals surface area contributed by atoms with E-state index in [1.807, 2.05) is 48.5 Å². The molecule has 0 atom stereocenters. The average molecular weight is 1310 g/mol. The third-order valence-electron chi connectivity index (χ3n) is 21.5. The van der Waals surface area contributed by atoms with E-state index in [-0.39, 0.29) is 0 Å². The Kier molecular flexibility index (Phi) is 14.1. The lowest BCUT2D eigenvalue weighted by atomic mass is 9.66. The molecule has 4 aliphatic carbocycles. The first-order valence-corrected chi connectivity index (χ1v) is 34.5. The summed E-state index contributed by atoms with van der Waals surface area (Å²) in [5.41, 5.74) is 33.4. The van der Waals surface area contributed by atoms with Crippen LogP contribution in [0.5, 0.6) is 23.0 Å². The van der Waals surface area contributed by atoms with Gasteiger partial charge >= 0.3 is 0 Å². The number of fused-ring (bicyclic) bond motifs is 26. The molecule has 2 aromatic heterocycles. The Morgan fingerprint density at radius 2 is 0.343 bits per heavy atom. The van der Waals surface area contributed by atoms with Gasteiger partial charge in [0, 0.05) is 44.5 Å².